The molecular weight excluding hydrogens is 266 g/mol. The van der Waals surface area contributed by atoms with E-state index in [9.17, 15) is 9.90 Å². The Kier molecular flexibility index (Phi) is 3.76. The average molecular weight is 289 g/mol. The van der Waals surface area contributed by atoms with Crippen molar-refractivity contribution in [2.45, 2.75) is 37.9 Å². The van der Waals surface area contributed by atoms with Gasteiger partial charge < -0.3 is 14.7 Å². The lowest BCUT2D eigenvalue weighted by molar-refractivity contribution is -0.167. The van der Waals surface area contributed by atoms with E-state index < -0.39 is 5.60 Å². The molecule has 0 bridgehead atoms. The van der Waals surface area contributed by atoms with Crippen molar-refractivity contribution in [2.24, 2.45) is 5.92 Å². The van der Waals surface area contributed by atoms with Crippen LogP contribution in [-0.2, 0) is 9.53 Å². The van der Waals surface area contributed by atoms with Gasteiger partial charge in [-0.15, -0.1) is 0 Å². The number of rotatable bonds is 3. The Labute approximate surface area is 125 Å². The van der Waals surface area contributed by atoms with E-state index in [1.54, 1.807) is 0 Å². The monoisotopic (exact) mass is 289 g/mol. The maximum absolute atomic E-state index is 12.7. The smallest absolute Gasteiger partial charge is 0.226 e. The van der Waals surface area contributed by atoms with Gasteiger partial charge in [0.1, 0.15) is 0 Å². The lowest BCUT2D eigenvalue weighted by Gasteiger charge is -2.42. The van der Waals surface area contributed by atoms with Gasteiger partial charge in [-0.05, 0) is 31.7 Å². The summed E-state index contributed by atoms with van der Waals surface area (Å²) in [5.74, 6) is 0.663. The van der Waals surface area contributed by atoms with Gasteiger partial charge in [-0.25, -0.2) is 0 Å². The number of aliphatic hydroxyl groups excluding tert-OH is 1. The molecule has 0 aromatic heterocycles. The Balaban J connectivity index is 1.66. The lowest BCUT2D eigenvalue weighted by atomic mass is 10.0. The van der Waals surface area contributed by atoms with Gasteiger partial charge in [-0.2, -0.15) is 0 Å². The second-order valence-corrected chi connectivity index (χ2v) is 6.76. The predicted octanol–water partition coefficient (Wildman–Crippen LogP) is 1.79. The number of aliphatic hydroxyl groups is 1. The van der Waals surface area contributed by atoms with Gasteiger partial charge in [-0.1, -0.05) is 30.3 Å². The molecule has 1 saturated heterocycles. The fraction of sp³-hybridized carbons (Fsp3) is 0.588. The number of nitrogens with zero attached hydrogens (tertiary/aromatic N) is 1. The van der Waals surface area contributed by atoms with Gasteiger partial charge in [0.15, 0.2) is 0 Å². The predicted molar refractivity (Wildman–Crippen MR) is 79.9 cm³/mol. The maximum Gasteiger partial charge on any atom is 0.226 e. The summed E-state index contributed by atoms with van der Waals surface area (Å²) in [5, 5.41) is 9.34. The summed E-state index contributed by atoms with van der Waals surface area (Å²) in [6.07, 6.45) is 0.663. The highest BCUT2D eigenvalue weighted by molar-refractivity contribution is 5.83. The van der Waals surface area contributed by atoms with Gasteiger partial charge in [0.2, 0.25) is 5.91 Å². The molecule has 3 rings (SSSR count). The quantitative estimate of drug-likeness (QED) is 0.923. The largest absolute Gasteiger partial charge is 0.394 e. The van der Waals surface area contributed by atoms with Crippen LogP contribution in [-0.4, -0.2) is 47.3 Å². The Morgan fingerprint density at radius 1 is 1.38 bits per heavy atom. The maximum atomic E-state index is 12.7. The summed E-state index contributed by atoms with van der Waals surface area (Å²) < 4.78 is 5.77. The molecule has 3 unspecified atom stereocenters. The van der Waals surface area contributed by atoms with Gasteiger partial charge in [0, 0.05) is 19.0 Å². The summed E-state index contributed by atoms with van der Waals surface area (Å²) in [6.45, 7) is 4.99. The first kappa shape index (κ1) is 14.5. The minimum absolute atomic E-state index is 0.0417. The molecule has 1 aliphatic heterocycles. The third-order valence-corrected chi connectivity index (χ3v) is 4.33. The van der Waals surface area contributed by atoms with E-state index in [1.807, 2.05) is 36.9 Å². The second-order valence-electron chi connectivity index (χ2n) is 6.76. The van der Waals surface area contributed by atoms with E-state index >= 15 is 0 Å². The summed E-state index contributed by atoms with van der Waals surface area (Å²) in [6, 6.07) is 10.2. The van der Waals surface area contributed by atoms with Crippen LogP contribution in [0.3, 0.4) is 0 Å². The minimum Gasteiger partial charge on any atom is -0.394 e. The van der Waals surface area contributed by atoms with Crippen LogP contribution in [0.5, 0.6) is 0 Å². The molecule has 1 aromatic rings. The van der Waals surface area contributed by atoms with Crippen molar-refractivity contribution in [1.29, 1.82) is 0 Å². The minimum atomic E-state index is -0.390. The molecule has 1 amide bonds. The van der Waals surface area contributed by atoms with E-state index in [2.05, 4.69) is 12.1 Å². The fourth-order valence-corrected chi connectivity index (χ4v) is 3.33. The molecule has 4 heteroatoms. The molecule has 2 aliphatic rings. The number of carbonyl (C=O) groups excluding carboxylic acids is 1. The van der Waals surface area contributed by atoms with Crippen molar-refractivity contribution < 1.29 is 14.6 Å². The normalized spacial score (nSPS) is 31.0. The third-order valence-electron chi connectivity index (χ3n) is 4.33. The van der Waals surface area contributed by atoms with E-state index in [4.69, 9.17) is 4.74 Å². The summed E-state index contributed by atoms with van der Waals surface area (Å²) in [4.78, 5) is 14.6. The molecule has 114 valence electrons. The van der Waals surface area contributed by atoms with Crippen LogP contribution in [0.2, 0.25) is 0 Å². The first-order valence-corrected chi connectivity index (χ1v) is 7.62. The van der Waals surface area contributed by atoms with Gasteiger partial charge in [0.25, 0.3) is 0 Å². The zero-order valence-corrected chi connectivity index (χ0v) is 12.7. The number of benzene rings is 1. The van der Waals surface area contributed by atoms with Crippen LogP contribution in [0.15, 0.2) is 30.3 Å². The Morgan fingerprint density at radius 2 is 2.10 bits per heavy atom. The molecule has 1 saturated carbocycles. The highest BCUT2D eigenvalue weighted by Gasteiger charge is 2.47. The van der Waals surface area contributed by atoms with Crippen LogP contribution in [0.25, 0.3) is 0 Å². The zero-order valence-electron chi connectivity index (χ0n) is 12.7. The van der Waals surface area contributed by atoms with Crippen LogP contribution < -0.4 is 0 Å². The van der Waals surface area contributed by atoms with Crippen LogP contribution in [0.4, 0.5) is 0 Å². The average Bonchev–Trinajstić information content (AvgIpc) is 3.26. The van der Waals surface area contributed by atoms with E-state index in [0.717, 1.165) is 6.42 Å². The van der Waals surface area contributed by atoms with E-state index in [-0.39, 0.29) is 24.5 Å². The molecule has 2 fully saturated rings. The first-order chi connectivity index (χ1) is 10.00. The van der Waals surface area contributed by atoms with E-state index in [0.29, 0.717) is 19.0 Å². The summed E-state index contributed by atoms with van der Waals surface area (Å²) >= 11 is 0. The van der Waals surface area contributed by atoms with Gasteiger partial charge in [0.05, 0.1) is 18.3 Å². The van der Waals surface area contributed by atoms with Gasteiger partial charge >= 0.3 is 0 Å². The van der Waals surface area contributed by atoms with Crippen molar-refractivity contribution in [1.82, 2.24) is 4.90 Å². The van der Waals surface area contributed by atoms with Crippen molar-refractivity contribution in [3.8, 4) is 0 Å². The fourth-order valence-electron chi connectivity index (χ4n) is 3.33. The number of carbonyl (C=O) groups is 1. The molecule has 0 spiro atoms. The highest BCUT2D eigenvalue weighted by Crippen LogP contribution is 2.48. The standard InChI is InChI=1S/C17H23NO3/c1-17(2)11-18(9-13(10-19)21-17)16(20)15-8-14(15)12-6-4-3-5-7-12/h3-7,13-15,19H,8-11H2,1-2H3. The SMILES string of the molecule is CC1(C)CN(C(=O)C2CC2c2ccccc2)CC(CO)O1. The van der Waals surface area contributed by atoms with Crippen molar-refractivity contribution >= 4 is 5.91 Å². The second kappa shape index (κ2) is 5.43. The summed E-state index contributed by atoms with van der Waals surface area (Å²) in [7, 11) is 0. The Morgan fingerprint density at radius 3 is 2.76 bits per heavy atom. The molecule has 1 N–H and O–H groups in total. The molecule has 0 radical (unpaired) electrons. The molecular formula is C17H23NO3. The Hall–Kier alpha value is -1.39. The molecule has 21 heavy (non-hydrogen) atoms. The molecule has 1 aromatic carbocycles. The molecule has 1 heterocycles. The Bertz CT molecular complexity index is 514. The highest BCUT2D eigenvalue weighted by atomic mass is 16.5. The first-order valence-electron chi connectivity index (χ1n) is 7.62. The van der Waals surface area contributed by atoms with Crippen molar-refractivity contribution in [3.63, 3.8) is 0 Å². The van der Waals surface area contributed by atoms with Crippen LogP contribution in [0.1, 0.15) is 31.7 Å². The number of amides is 1. The number of ether oxygens (including phenoxy) is 1. The topological polar surface area (TPSA) is 49.8 Å². The zero-order chi connectivity index (χ0) is 15.0. The number of hydrogen-bond acceptors (Lipinski definition) is 3. The molecule has 4 nitrogen and oxygen atoms in total. The third kappa shape index (κ3) is 3.11. The van der Waals surface area contributed by atoms with Gasteiger partial charge in [-0.3, -0.25) is 4.79 Å². The van der Waals surface area contributed by atoms with Crippen molar-refractivity contribution in [3.05, 3.63) is 35.9 Å². The number of hydrogen-bond donors (Lipinski definition) is 1. The van der Waals surface area contributed by atoms with Crippen LogP contribution >= 0.6 is 0 Å². The molecule has 3 atom stereocenters. The van der Waals surface area contributed by atoms with Crippen LogP contribution in [0, 0.1) is 5.92 Å². The van der Waals surface area contributed by atoms with E-state index in [1.165, 1.54) is 5.56 Å². The summed E-state index contributed by atoms with van der Waals surface area (Å²) in [5.41, 5.74) is 0.861. The molecule has 1 aliphatic carbocycles. The lowest BCUT2D eigenvalue weighted by Crippen LogP contribution is -2.56. The number of morpholine rings is 1. The van der Waals surface area contributed by atoms with Crippen molar-refractivity contribution in [2.75, 3.05) is 19.7 Å².